The van der Waals surface area contributed by atoms with Crippen molar-refractivity contribution in [3.8, 4) is 17.2 Å². The number of piperazine rings is 1. The Morgan fingerprint density at radius 1 is 0.940 bits per heavy atom. The molecule has 2 fully saturated rings. The highest BCUT2D eigenvalue weighted by atomic mass is 35.5. The zero-order valence-corrected chi connectivity index (χ0v) is 42.3. The lowest BCUT2D eigenvalue weighted by molar-refractivity contribution is -0.101. The lowest BCUT2D eigenvalue weighted by atomic mass is 9.72. The van der Waals surface area contributed by atoms with Crippen molar-refractivity contribution < 1.29 is 36.9 Å². The minimum Gasteiger partial charge on any atom is -0.489 e. The van der Waals surface area contributed by atoms with E-state index in [0.29, 0.717) is 37.6 Å². The quantitative estimate of drug-likeness (QED) is 0.0705. The van der Waals surface area contributed by atoms with Gasteiger partial charge in [0.2, 0.25) is 0 Å². The van der Waals surface area contributed by atoms with Gasteiger partial charge in [0.15, 0.2) is 0 Å². The first-order valence-corrected chi connectivity index (χ1v) is 28.9. The summed E-state index contributed by atoms with van der Waals surface area (Å²) in [7, 11) is -5.67. The van der Waals surface area contributed by atoms with Crippen molar-refractivity contribution in [1.82, 2.24) is 19.4 Å². The Morgan fingerprint density at radius 2 is 1.73 bits per heavy atom. The molecule has 8 rings (SSSR count). The van der Waals surface area contributed by atoms with Gasteiger partial charge in [-0.05, 0) is 96.5 Å². The summed E-state index contributed by atoms with van der Waals surface area (Å²) in [6.07, 6.45) is 4.67. The Morgan fingerprint density at radius 3 is 2.46 bits per heavy atom. The molecule has 3 aliphatic rings. The molecule has 67 heavy (non-hydrogen) atoms. The highest BCUT2D eigenvalue weighted by Crippen LogP contribution is 2.44. The van der Waals surface area contributed by atoms with Gasteiger partial charge in [-0.25, -0.2) is 17.8 Å². The normalized spacial score (nSPS) is 18.3. The second kappa shape index (κ2) is 21.0. The highest BCUT2D eigenvalue weighted by molar-refractivity contribution is 7.90. The molecule has 5 aromatic rings. The summed E-state index contributed by atoms with van der Waals surface area (Å²) in [4.78, 5) is 18.7. The van der Waals surface area contributed by atoms with Crippen molar-refractivity contribution in [1.29, 1.82) is 0 Å². The van der Waals surface area contributed by atoms with Crippen LogP contribution in [0.1, 0.15) is 49.0 Å². The topological polar surface area (TPSA) is 134 Å². The molecule has 0 radical (unpaired) electrons. The molecule has 1 N–H and O–H groups in total. The van der Waals surface area contributed by atoms with Crippen molar-refractivity contribution in [2.75, 3.05) is 70.7 Å². The van der Waals surface area contributed by atoms with Crippen LogP contribution in [0.2, 0.25) is 35.7 Å². The first kappa shape index (κ1) is 49.0. The molecule has 0 spiro atoms. The van der Waals surface area contributed by atoms with Crippen molar-refractivity contribution >= 4 is 69.4 Å². The molecule has 2 saturated heterocycles. The molecule has 1 atom stereocenters. The number of allylic oxidation sites excluding steroid dienone is 1. The number of hydrogen-bond donors (Lipinski definition) is 1. The molecule has 1 amide bonds. The summed E-state index contributed by atoms with van der Waals surface area (Å²) in [6, 6.07) is 24.2. The maximum Gasteiger partial charge on any atom is 0.268 e. The fraction of sp³-hybridized carbons (Fsp3) is 0.440. The van der Waals surface area contributed by atoms with E-state index in [1.54, 1.807) is 16.9 Å². The summed E-state index contributed by atoms with van der Waals surface area (Å²) in [5.74, 6) is 0.0632. The van der Waals surface area contributed by atoms with Crippen LogP contribution in [0.4, 0.5) is 5.69 Å². The van der Waals surface area contributed by atoms with Crippen LogP contribution in [0.3, 0.4) is 0 Å². The van der Waals surface area contributed by atoms with Gasteiger partial charge in [0, 0.05) is 64.2 Å². The Balaban J connectivity index is 1.02. The molecule has 358 valence electrons. The van der Waals surface area contributed by atoms with E-state index in [4.69, 9.17) is 46.9 Å². The number of amides is 1. The maximum absolute atomic E-state index is 14.1. The Hall–Kier alpha value is -4.45. The SMILES string of the molecule is CC1(C)CCC(CN2CCN(c3ccc(C(=O)NS(=O)(=O)c4ccc(OCC5COCCO5)c(Cl)c4)c(Oc4cccc5c4cnn5COCC[Si](C)(C)C)c3)CC2)=C(c2ccc(Cl)cc2)C1. The number of nitrogens with one attached hydrogen (secondary N) is 1. The molecule has 17 heteroatoms. The number of carbonyl (C=O) groups is 1. The summed E-state index contributed by atoms with van der Waals surface area (Å²) in [5.41, 5.74) is 6.06. The number of benzene rings is 4. The number of anilines is 1. The van der Waals surface area contributed by atoms with Gasteiger partial charge in [0.1, 0.15) is 36.7 Å². The minimum absolute atomic E-state index is 0.0349. The van der Waals surface area contributed by atoms with Gasteiger partial charge in [-0.3, -0.25) is 9.69 Å². The standard InChI is InChI=1S/C50H61Cl2N5O8SSi/c1-50(2)18-17-36(42(29-50)35-9-11-37(51)12-10-35)31-55-19-21-56(22-20-55)38-13-15-41(48(27-38)65-46-8-6-7-45-43(46)30-53-57(45)34-62-25-26-67(3,4)5)49(58)54-66(59,60)40-14-16-47(44(52)28-40)64-33-39-32-61-23-24-63-39/h6-16,27-28,30,39H,17-26,29,31-34H2,1-5H3,(H,54,58). The molecule has 0 bridgehead atoms. The van der Waals surface area contributed by atoms with E-state index in [9.17, 15) is 13.2 Å². The molecule has 4 aromatic carbocycles. The summed E-state index contributed by atoms with van der Waals surface area (Å²) in [6.45, 7) is 18.2. The zero-order valence-electron chi connectivity index (χ0n) is 39.0. The number of aromatic nitrogens is 2. The number of ether oxygens (including phenoxy) is 5. The zero-order chi connectivity index (χ0) is 47.3. The molecule has 0 saturated carbocycles. The van der Waals surface area contributed by atoms with Gasteiger partial charge in [0.25, 0.3) is 15.9 Å². The molecule has 1 aromatic heterocycles. The summed E-state index contributed by atoms with van der Waals surface area (Å²) in [5, 5.41) is 6.12. The van der Waals surface area contributed by atoms with E-state index in [1.807, 2.05) is 42.5 Å². The maximum atomic E-state index is 14.1. The van der Waals surface area contributed by atoms with Crippen molar-refractivity contribution in [2.45, 2.75) is 76.5 Å². The third-order valence-electron chi connectivity index (χ3n) is 12.6. The van der Waals surface area contributed by atoms with E-state index < -0.39 is 24.0 Å². The monoisotopic (exact) mass is 989 g/mol. The summed E-state index contributed by atoms with van der Waals surface area (Å²) < 4.78 is 61.1. The van der Waals surface area contributed by atoms with E-state index in [0.717, 1.165) is 74.3 Å². The fourth-order valence-corrected chi connectivity index (χ4v) is 10.8. The summed E-state index contributed by atoms with van der Waals surface area (Å²) >= 11 is 12.8. The second-order valence-corrected chi connectivity index (χ2v) is 27.7. The van der Waals surface area contributed by atoms with Crippen LogP contribution in [0.15, 0.2) is 95.5 Å². The van der Waals surface area contributed by atoms with E-state index in [-0.39, 0.29) is 51.8 Å². The molecule has 1 unspecified atom stereocenters. The predicted molar refractivity (Wildman–Crippen MR) is 267 cm³/mol. The van der Waals surface area contributed by atoms with E-state index in [1.165, 1.54) is 34.9 Å². The Kier molecular flexibility index (Phi) is 15.4. The molecule has 2 aliphatic heterocycles. The van der Waals surface area contributed by atoms with Crippen molar-refractivity contribution in [3.63, 3.8) is 0 Å². The highest BCUT2D eigenvalue weighted by Gasteiger charge is 2.30. The number of nitrogens with zero attached hydrogens (tertiary/aromatic N) is 4. The smallest absolute Gasteiger partial charge is 0.268 e. The first-order valence-electron chi connectivity index (χ1n) is 23.0. The van der Waals surface area contributed by atoms with E-state index in [2.05, 4.69) is 65.2 Å². The Labute approximate surface area is 405 Å². The average Bonchev–Trinajstić information content (AvgIpc) is 3.72. The number of fused-ring (bicyclic) bond motifs is 1. The fourth-order valence-electron chi connectivity index (χ4n) is 8.61. The molecule has 13 nitrogen and oxygen atoms in total. The van der Waals surface area contributed by atoms with Crippen LogP contribution in [-0.4, -0.2) is 109 Å². The largest absolute Gasteiger partial charge is 0.489 e. The second-order valence-electron chi connectivity index (χ2n) is 19.6. The van der Waals surface area contributed by atoms with Gasteiger partial charge < -0.3 is 28.6 Å². The number of carbonyl (C=O) groups excluding carboxylic acids is 1. The number of sulfonamides is 1. The Bertz CT molecular complexity index is 2690. The van der Waals surface area contributed by atoms with Gasteiger partial charge in [-0.1, -0.05) is 80.5 Å². The van der Waals surface area contributed by atoms with Crippen LogP contribution in [-0.2, 0) is 31.0 Å². The number of halogens is 2. The van der Waals surface area contributed by atoms with Gasteiger partial charge in [-0.2, -0.15) is 5.10 Å². The van der Waals surface area contributed by atoms with Crippen LogP contribution >= 0.6 is 23.2 Å². The molecule has 3 heterocycles. The third kappa shape index (κ3) is 12.6. The average molecular weight is 991 g/mol. The van der Waals surface area contributed by atoms with Crippen LogP contribution < -0.4 is 19.1 Å². The molecular formula is C50H61Cl2N5O8SSi. The lowest BCUT2D eigenvalue weighted by Crippen LogP contribution is -2.47. The van der Waals surface area contributed by atoms with Crippen molar-refractivity contribution in [2.24, 2.45) is 5.41 Å². The number of hydrogen-bond acceptors (Lipinski definition) is 11. The van der Waals surface area contributed by atoms with E-state index >= 15 is 0 Å². The van der Waals surface area contributed by atoms with Gasteiger partial charge in [-0.15, -0.1) is 0 Å². The minimum atomic E-state index is -4.39. The third-order valence-corrected chi connectivity index (χ3v) is 16.1. The predicted octanol–water partition coefficient (Wildman–Crippen LogP) is 10.1. The van der Waals surface area contributed by atoms with Crippen LogP contribution in [0.25, 0.3) is 16.5 Å². The van der Waals surface area contributed by atoms with Crippen molar-refractivity contribution in [3.05, 3.63) is 112 Å². The lowest BCUT2D eigenvalue weighted by Gasteiger charge is -2.39. The first-order chi connectivity index (χ1) is 32.0. The number of rotatable bonds is 17. The van der Waals surface area contributed by atoms with Gasteiger partial charge in [0.05, 0.1) is 52.4 Å². The van der Waals surface area contributed by atoms with Crippen LogP contribution in [0.5, 0.6) is 17.2 Å². The van der Waals surface area contributed by atoms with Crippen LogP contribution in [0, 0.1) is 5.41 Å². The molecule has 1 aliphatic carbocycles. The molecular weight excluding hydrogens is 930 g/mol. The van der Waals surface area contributed by atoms with Gasteiger partial charge >= 0.3 is 0 Å².